The number of fused-ring (bicyclic) bond motifs is 10. The molecule has 0 spiro atoms. The highest BCUT2D eigenvalue weighted by molar-refractivity contribution is 6.27. The summed E-state index contributed by atoms with van der Waals surface area (Å²) in [5.41, 5.74) is 9.43. The molecule has 3 aromatic heterocycles. The van der Waals surface area contributed by atoms with Crippen molar-refractivity contribution in [2.24, 2.45) is 0 Å². The fourth-order valence-corrected chi connectivity index (χ4v) is 7.15. The van der Waals surface area contributed by atoms with E-state index in [1.54, 1.807) is 0 Å². The van der Waals surface area contributed by atoms with E-state index in [4.69, 9.17) is 9.40 Å². The number of hydrogen-bond acceptors (Lipinski definition) is 2. The number of nitrogens with zero attached hydrogens (tertiary/aromatic N) is 3. The smallest absolute Gasteiger partial charge is 0.145 e. The Balaban J connectivity index is 1.20. The first-order chi connectivity index (χ1) is 22.3. The third-order valence-electron chi connectivity index (χ3n) is 9.12. The molecule has 0 aliphatic rings. The van der Waals surface area contributed by atoms with Crippen LogP contribution < -0.4 is 0 Å². The van der Waals surface area contributed by atoms with Crippen LogP contribution in [0.2, 0.25) is 0 Å². The molecule has 0 radical (unpaired) electrons. The lowest BCUT2D eigenvalue weighted by atomic mass is 10.0. The first kappa shape index (κ1) is 24.3. The van der Waals surface area contributed by atoms with E-state index in [1.165, 1.54) is 21.5 Å². The van der Waals surface area contributed by atoms with Crippen LogP contribution in [0.1, 0.15) is 0 Å². The Morgan fingerprint density at radius 3 is 1.98 bits per heavy atom. The second-order valence-corrected chi connectivity index (χ2v) is 11.6. The van der Waals surface area contributed by atoms with Crippen LogP contribution >= 0.6 is 0 Å². The highest BCUT2D eigenvalue weighted by atomic mass is 16.3. The fourth-order valence-electron chi connectivity index (χ4n) is 7.15. The van der Waals surface area contributed by atoms with Crippen LogP contribution in [-0.2, 0) is 0 Å². The first-order valence-corrected chi connectivity index (χ1v) is 15.2. The zero-order chi connectivity index (χ0) is 29.5. The SMILES string of the molecule is c1ccc(-c2nc3ccccc3n2-c2ccc(-n3c4ccccc4c4c5oc6ccc7ccccc7c6c5ccc43)cc2)cc1. The predicted molar refractivity (Wildman–Crippen MR) is 186 cm³/mol. The maximum atomic E-state index is 6.67. The fraction of sp³-hybridized carbons (Fsp3) is 0. The van der Waals surface area contributed by atoms with Gasteiger partial charge in [-0.05, 0) is 71.4 Å². The molecule has 210 valence electrons. The minimum Gasteiger partial charge on any atom is -0.455 e. The first-order valence-electron chi connectivity index (χ1n) is 15.2. The lowest BCUT2D eigenvalue weighted by molar-refractivity contribution is 0.673. The summed E-state index contributed by atoms with van der Waals surface area (Å²) in [5.74, 6) is 0.932. The summed E-state index contributed by atoms with van der Waals surface area (Å²) >= 11 is 0. The summed E-state index contributed by atoms with van der Waals surface area (Å²) in [6, 6.07) is 53.4. The number of aromatic nitrogens is 3. The highest BCUT2D eigenvalue weighted by Crippen LogP contribution is 2.42. The van der Waals surface area contributed by atoms with E-state index < -0.39 is 0 Å². The predicted octanol–water partition coefficient (Wildman–Crippen LogP) is 10.8. The Bertz CT molecular complexity index is 2750. The minimum atomic E-state index is 0.916. The molecular formula is C41H25N3O. The monoisotopic (exact) mass is 575 g/mol. The van der Waals surface area contributed by atoms with Crippen molar-refractivity contribution in [3.8, 4) is 22.8 Å². The number of furan rings is 1. The summed E-state index contributed by atoms with van der Waals surface area (Å²) in [6.45, 7) is 0. The van der Waals surface area contributed by atoms with E-state index in [9.17, 15) is 0 Å². The molecule has 0 bridgehead atoms. The maximum Gasteiger partial charge on any atom is 0.145 e. The molecule has 4 nitrogen and oxygen atoms in total. The van der Waals surface area contributed by atoms with E-state index in [0.717, 1.165) is 66.8 Å². The van der Waals surface area contributed by atoms with Crippen molar-refractivity contribution >= 4 is 65.6 Å². The van der Waals surface area contributed by atoms with E-state index in [2.05, 4.69) is 149 Å². The van der Waals surface area contributed by atoms with Gasteiger partial charge in [0, 0.05) is 33.1 Å². The largest absolute Gasteiger partial charge is 0.455 e. The van der Waals surface area contributed by atoms with Crippen molar-refractivity contribution in [3.63, 3.8) is 0 Å². The van der Waals surface area contributed by atoms with Gasteiger partial charge in [0.1, 0.15) is 17.0 Å². The molecule has 4 heteroatoms. The number of para-hydroxylation sites is 3. The third-order valence-corrected chi connectivity index (χ3v) is 9.12. The summed E-state index contributed by atoms with van der Waals surface area (Å²) < 4.78 is 11.3. The van der Waals surface area contributed by atoms with Crippen molar-refractivity contribution < 1.29 is 4.42 Å². The molecule has 0 fully saturated rings. The topological polar surface area (TPSA) is 35.9 Å². The molecule has 45 heavy (non-hydrogen) atoms. The molecule has 3 heterocycles. The van der Waals surface area contributed by atoms with Gasteiger partial charge in [-0.15, -0.1) is 0 Å². The van der Waals surface area contributed by atoms with Crippen LogP contribution in [0, 0.1) is 0 Å². The lowest BCUT2D eigenvalue weighted by Crippen LogP contribution is -1.99. The van der Waals surface area contributed by atoms with Gasteiger partial charge in [0.2, 0.25) is 0 Å². The minimum absolute atomic E-state index is 0.916. The van der Waals surface area contributed by atoms with Crippen molar-refractivity contribution in [3.05, 3.63) is 152 Å². The van der Waals surface area contributed by atoms with Crippen molar-refractivity contribution in [2.75, 3.05) is 0 Å². The Hall–Kier alpha value is -6.13. The number of rotatable bonds is 3. The zero-order valence-electron chi connectivity index (χ0n) is 24.2. The molecule has 0 amide bonds. The normalized spacial score (nSPS) is 12.0. The maximum absolute atomic E-state index is 6.67. The van der Waals surface area contributed by atoms with Crippen molar-refractivity contribution in [1.82, 2.24) is 14.1 Å². The second-order valence-electron chi connectivity index (χ2n) is 11.6. The summed E-state index contributed by atoms with van der Waals surface area (Å²) in [6.07, 6.45) is 0. The van der Waals surface area contributed by atoms with Gasteiger partial charge in [0.05, 0.1) is 27.5 Å². The van der Waals surface area contributed by atoms with Gasteiger partial charge in [0.15, 0.2) is 0 Å². The van der Waals surface area contributed by atoms with Gasteiger partial charge < -0.3 is 8.98 Å². The van der Waals surface area contributed by atoms with Gasteiger partial charge in [-0.2, -0.15) is 0 Å². The molecular weight excluding hydrogens is 550 g/mol. The molecule has 0 saturated carbocycles. The van der Waals surface area contributed by atoms with E-state index in [-0.39, 0.29) is 0 Å². The molecule has 7 aromatic carbocycles. The number of imidazole rings is 1. The standard InChI is InChI=1S/C41H25N3O/c1-2-11-27(12-3-1)41-42-33-15-7-9-17-35(33)44(41)29-21-19-28(20-22-29)43-34-16-8-6-14-31(34)39-36(43)24-23-32-38-30-13-5-4-10-26(30)18-25-37(38)45-40(32)39/h1-25H. The van der Waals surface area contributed by atoms with E-state index in [0.29, 0.717) is 0 Å². The van der Waals surface area contributed by atoms with Crippen LogP contribution in [0.4, 0.5) is 0 Å². The molecule has 10 rings (SSSR count). The Labute approximate surface area is 258 Å². The van der Waals surface area contributed by atoms with Gasteiger partial charge in [-0.1, -0.05) is 91.0 Å². The third kappa shape index (κ3) is 3.45. The van der Waals surface area contributed by atoms with E-state index in [1.807, 2.05) is 12.1 Å². The molecule has 0 atom stereocenters. The van der Waals surface area contributed by atoms with Crippen molar-refractivity contribution in [1.29, 1.82) is 0 Å². The van der Waals surface area contributed by atoms with Gasteiger partial charge in [0.25, 0.3) is 0 Å². The molecule has 0 saturated heterocycles. The van der Waals surface area contributed by atoms with Gasteiger partial charge >= 0.3 is 0 Å². The number of benzene rings is 7. The Morgan fingerprint density at radius 2 is 1.13 bits per heavy atom. The van der Waals surface area contributed by atoms with Crippen LogP contribution in [0.15, 0.2) is 156 Å². The van der Waals surface area contributed by atoms with Gasteiger partial charge in [-0.3, -0.25) is 4.57 Å². The van der Waals surface area contributed by atoms with Crippen LogP contribution in [0.3, 0.4) is 0 Å². The molecule has 0 aliphatic heterocycles. The average molecular weight is 576 g/mol. The molecule has 0 unspecified atom stereocenters. The Morgan fingerprint density at radius 1 is 0.444 bits per heavy atom. The summed E-state index contributed by atoms with van der Waals surface area (Å²) in [5, 5.41) is 7.07. The Kier molecular flexibility index (Phi) is 4.96. The van der Waals surface area contributed by atoms with Crippen LogP contribution in [0.25, 0.3) is 88.3 Å². The average Bonchev–Trinajstić information content (AvgIpc) is 3.78. The van der Waals surface area contributed by atoms with Gasteiger partial charge in [-0.25, -0.2) is 4.98 Å². The second kappa shape index (κ2) is 9.18. The quantitative estimate of drug-likeness (QED) is 0.210. The summed E-state index contributed by atoms with van der Waals surface area (Å²) in [4.78, 5) is 5.03. The van der Waals surface area contributed by atoms with E-state index >= 15 is 0 Å². The lowest BCUT2D eigenvalue weighted by Gasteiger charge is -2.12. The summed E-state index contributed by atoms with van der Waals surface area (Å²) in [7, 11) is 0. The zero-order valence-corrected chi connectivity index (χ0v) is 24.2. The molecule has 10 aromatic rings. The van der Waals surface area contributed by atoms with Crippen LogP contribution in [0.5, 0.6) is 0 Å². The highest BCUT2D eigenvalue weighted by Gasteiger charge is 2.20. The molecule has 0 aliphatic carbocycles. The van der Waals surface area contributed by atoms with Crippen LogP contribution in [-0.4, -0.2) is 14.1 Å². The van der Waals surface area contributed by atoms with Crippen molar-refractivity contribution in [2.45, 2.75) is 0 Å². The molecule has 0 N–H and O–H groups in total. The number of hydrogen-bond donors (Lipinski definition) is 0.